The molecule has 37 heavy (non-hydrogen) atoms. The zero-order valence-electron chi connectivity index (χ0n) is 20.3. The number of hydrogen-bond acceptors (Lipinski definition) is 5. The maximum absolute atomic E-state index is 12.9. The number of H-pyrrole nitrogens is 1. The predicted molar refractivity (Wildman–Crippen MR) is 136 cm³/mol. The third kappa shape index (κ3) is 5.08. The molecule has 194 valence electrons. The fraction of sp³-hybridized carbons (Fsp3) is 0.407. The summed E-state index contributed by atoms with van der Waals surface area (Å²) < 4.78 is 46.2. The summed E-state index contributed by atoms with van der Waals surface area (Å²) in [5, 5.41) is 16.2. The Bertz CT molecular complexity index is 1350. The minimum atomic E-state index is -4.36. The standard InChI is InChI=1S/C27H29F3N6O/c28-27(29,30)19-2-4-20(5-3-19)31-26-23-17-18(1-10-25(23)32-33-26)24-11-12-36(34-24)22-8-6-21(7-9-22)35-13-15-37-16-14-35/h1-5,10-12,17,21-22H,6-9,13-16H2,(H2,31,32,33). The van der Waals surface area contributed by atoms with Gasteiger partial charge in [0.05, 0.1) is 36.0 Å². The number of aromatic amines is 1. The van der Waals surface area contributed by atoms with E-state index in [4.69, 9.17) is 9.84 Å². The van der Waals surface area contributed by atoms with Crippen LogP contribution < -0.4 is 5.32 Å². The molecule has 0 atom stereocenters. The third-order valence-electron chi connectivity index (χ3n) is 7.54. The van der Waals surface area contributed by atoms with Crippen LogP contribution in [0.5, 0.6) is 0 Å². The average Bonchev–Trinajstić information content (AvgIpc) is 3.57. The van der Waals surface area contributed by atoms with Crippen molar-refractivity contribution in [2.75, 3.05) is 31.6 Å². The topological polar surface area (TPSA) is 71.0 Å². The third-order valence-corrected chi connectivity index (χ3v) is 7.54. The number of nitrogens with zero attached hydrogens (tertiary/aromatic N) is 4. The van der Waals surface area contributed by atoms with Crippen molar-refractivity contribution < 1.29 is 17.9 Å². The van der Waals surface area contributed by atoms with Crippen molar-refractivity contribution >= 4 is 22.4 Å². The molecule has 0 amide bonds. The number of alkyl halides is 3. The second kappa shape index (κ2) is 9.83. The van der Waals surface area contributed by atoms with Gasteiger partial charge in [-0.05, 0) is 68.1 Å². The second-order valence-corrected chi connectivity index (χ2v) is 9.82. The lowest BCUT2D eigenvalue weighted by Gasteiger charge is -2.38. The van der Waals surface area contributed by atoms with Gasteiger partial charge in [-0.25, -0.2) is 0 Å². The molecule has 0 bridgehead atoms. The molecule has 2 N–H and O–H groups in total. The van der Waals surface area contributed by atoms with Gasteiger partial charge in [-0.3, -0.25) is 14.7 Å². The number of rotatable bonds is 5. The summed E-state index contributed by atoms with van der Waals surface area (Å²) in [5.74, 6) is 0.553. The van der Waals surface area contributed by atoms with Gasteiger partial charge in [-0.1, -0.05) is 6.07 Å². The van der Waals surface area contributed by atoms with Crippen LogP contribution >= 0.6 is 0 Å². The highest BCUT2D eigenvalue weighted by molar-refractivity contribution is 5.94. The van der Waals surface area contributed by atoms with Crippen LogP contribution in [-0.4, -0.2) is 57.2 Å². The number of benzene rings is 2. The summed E-state index contributed by atoms with van der Waals surface area (Å²) in [6, 6.07) is 14.0. The first-order valence-corrected chi connectivity index (χ1v) is 12.7. The summed E-state index contributed by atoms with van der Waals surface area (Å²) >= 11 is 0. The van der Waals surface area contributed by atoms with Crippen LogP contribution in [0.4, 0.5) is 24.7 Å². The van der Waals surface area contributed by atoms with Crippen molar-refractivity contribution in [3.05, 3.63) is 60.3 Å². The van der Waals surface area contributed by atoms with Crippen molar-refractivity contribution in [3.63, 3.8) is 0 Å². The molecule has 0 spiro atoms. The molecule has 2 aromatic carbocycles. The number of hydrogen-bond donors (Lipinski definition) is 2. The summed E-state index contributed by atoms with van der Waals surface area (Å²) in [6.45, 7) is 3.75. The molecule has 1 saturated heterocycles. The highest BCUT2D eigenvalue weighted by atomic mass is 19.4. The Labute approximate surface area is 212 Å². The van der Waals surface area contributed by atoms with E-state index in [-0.39, 0.29) is 0 Å². The van der Waals surface area contributed by atoms with E-state index in [0.717, 1.165) is 73.4 Å². The molecule has 4 aromatic rings. The van der Waals surface area contributed by atoms with E-state index in [1.165, 1.54) is 25.0 Å². The Morgan fingerprint density at radius 2 is 1.65 bits per heavy atom. The Balaban J connectivity index is 1.15. The van der Waals surface area contributed by atoms with E-state index in [1.807, 2.05) is 24.3 Å². The van der Waals surface area contributed by atoms with Gasteiger partial charge in [0.2, 0.25) is 0 Å². The number of aromatic nitrogens is 4. The molecular weight excluding hydrogens is 481 g/mol. The fourth-order valence-corrected chi connectivity index (χ4v) is 5.47. The first-order valence-electron chi connectivity index (χ1n) is 12.7. The van der Waals surface area contributed by atoms with Crippen LogP contribution in [0.2, 0.25) is 0 Å². The van der Waals surface area contributed by atoms with Gasteiger partial charge in [0.1, 0.15) is 0 Å². The van der Waals surface area contributed by atoms with Crippen molar-refractivity contribution in [2.45, 2.75) is 43.9 Å². The molecular formula is C27H29F3N6O. The van der Waals surface area contributed by atoms with E-state index in [1.54, 1.807) is 0 Å². The minimum Gasteiger partial charge on any atom is -0.379 e. The van der Waals surface area contributed by atoms with Gasteiger partial charge in [0.15, 0.2) is 5.82 Å². The molecule has 2 fully saturated rings. The molecule has 10 heteroatoms. The van der Waals surface area contributed by atoms with E-state index >= 15 is 0 Å². The zero-order chi connectivity index (χ0) is 25.4. The highest BCUT2D eigenvalue weighted by Crippen LogP contribution is 2.34. The Kier molecular flexibility index (Phi) is 6.37. The minimum absolute atomic E-state index is 0.403. The van der Waals surface area contributed by atoms with Gasteiger partial charge < -0.3 is 10.1 Å². The number of morpholine rings is 1. The molecule has 7 nitrogen and oxygen atoms in total. The van der Waals surface area contributed by atoms with Crippen LogP contribution in [-0.2, 0) is 10.9 Å². The quantitative estimate of drug-likeness (QED) is 0.344. The average molecular weight is 511 g/mol. The van der Waals surface area contributed by atoms with Gasteiger partial charge in [0, 0.05) is 42.0 Å². The van der Waals surface area contributed by atoms with Crippen LogP contribution in [0.1, 0.15) is 37.3 Å². The Morgan fingerprint density at radius 1 is 0.919 bits per heavy atom. The molecule has 0 radical (unpaired) electrons. The molecule has 2 aromatic heterocycles. The maximum Gasteiger partial charge on any atom is 0.416 e. The molecule has 0 unspecified atom stereocenters. The normalized spacial score (nSPS) is 21.4. The lowest BCUT2D eigenvalue weighted by molar-refractivity contribution is -0.137. The van der Waals surface area contributed by atoms with E-state index in [9.17, 15) is 13.2 Å². The number of nitrogens with one attached hydrogen (secondary N) is 2. The lowest BCUT2D eigenvalue weighted by atomic mass is 9.90. The Hall–Kier alpha value is -3.37. The van der Waals surface area contributed by atoms with Crippen LogP contribution in [0, 0.1) is 0 Å². The smallest absolute Gasteiger partial charge is 0.379 e. The SMILES string of the molecule is FC(F)(F)c1ccc(Nc2n[nH]c3ccc(-c4ccn(C5CCC(N6CCOCC6)CC5)n4)cc23)cc1. The predicted octanol–water partition coefficient (Wildman–Crippen LogP) is 6.00. The van der Waals surface area contributed by atoms with E-state index < -0.39 is 11.7 Å². The largest absolute Gasteiger partial charge is 0.416 e. The summed E-state index contributed by atoms with van der Waals surface area (Å²) in [5.41, 5.74) is 2.53. The van der Waals surface area contributed by atoms with Crippen molar-refractivity contribution in [1.29, 1.82) is 0 Å². The van der Waals surface area contributed by atoms with Gasteiger partial charge in [-0.15, -0.1) is 0 Å². The monoisotopic (exact) mass is 510 g/mol. The van der Waals surface area contributed by atoms with E-state index in [2.05, 4.69) is 31.3 Å². The summed E-state index contributed by atoms with van der Waals surface area (Å²) in [7, 11) is 0. The number of fused-ring (bicyclic) bond motifs is 1. The summed E-state index contributed by atoms with van der Waals surface area (Å²) in [6.07, 6.45) is 2.30. The number of anilines is 2. The number of halogens is 3. The molecule has 3 heterocycles. The number of ether oxygens (including phenoxy) is 1. The van der Waals surface area contributed by atoms with Gasteiger partial charge >= 0.3 is 6.18 Å². The highest BCUT2D eigenvalue weighted by Gasteiger charge is 2.30. The first-order chi connectivity index (χ1) is 17.9. The molecule has 1 aliphatic heterocycles. The van der Waals surface area contributed by atoms with Crippen LogP contribution in [0.25, 0.3) is 22.2 Å². The zero-order valence-corrected chi connectivity index (χ0v) is 20.3. The summed E-state index contributed by atoms with van der Waals surface area (Å²) in [4.78, 5) is 2.57. The van der Waals surface area contributed by atoms with Crippen LogP contribution in [0.15, 0.2) is 54.7 Å². The van der Waals surface area contributed by atoms with E-state index in [0.29, 0.717) is 23.6 Å². The van der Waals surface area contributed by atoms with Gasteiger partial charge in [-0.2, -0.15) is 23.4 Å². The molecule has 6 rings (SSSR count). The van der Waals surface area contributed by atoms with Crippen molar-refractivity contribution in [3.8, 4) is 11.3 Å². The second-order valence-electron chi connectivity index (χ2n) is 9.82. The maximum atomic E-state index is 12.9. The molecule has 2 aliphatic rings. The van der Waals surface area contributed by atoms with Crippen molar-refractivity contribution in [2.24, 2.45) is 0 Å². The molecule has 1 saturated carbocycles. The van der Waals surface area contributed by atoms with Crippen LogP contribution in [0.3, 0.4) is 0 Å². The lowest BCUT2D eigenvalue weighted by Crippen LogP contribution is -2.45. The van der Waals surface area contributed by atoms with Gasteiger partial charge in [0.25, 0.3) is 0 Å². The fourth-order valence-electron chi connectivity index (χ4n) is 5.47. The molecule has 1 aliphatic carbocycles. The first kappa shape index (κ1) is 24.0. The Morgan fingerprint density at radius 3 is 2.38 bits per heavy atom. The van der Waals surface area contributed by atoms with Crippen molar-refractivity contribution in [1.82, 2.24) is 24.9 Å².